The average Bonchev–Trinajstić information content (AvgIpc) is 3.61. The van der Waals surface area contributed by atoms with Gasteiger partial charge < -0.3 is 5.32 Å². The lowest BCUT2D eigenvalue weighted by Crippen LogP contribution is -2.27. The summed E-state index contributed by atoms with van der Waals surface area (Å²) < 4.78 is 2.34. The van der Waals surface area contributed by atoms with E-state index in [9.17, 15) is 0 Å². The number of nitrogens with zero attached hydrogens (tertiary/aromatic N) is 2. The summed E-state index contributed by atoms with van der Waals surface area (Å²) in [5.74, 6) is 0.911. The number of aromatic nitrogens is 1. The van der Waals surface area contributed by atoms with Crippen LogP contribution < -0.4 is 5.32 Å². The third kappa shape index (κ3) is 5.32. The van der Waals surface area contributed by atoms with Gasteiger partial charge in [-0.05, 0) is 96.0 Å². The van der Waals surface area contributed by atoms with E-state index in [4.69, 9.17) is 4.99 Å². The maximum atomic E-state index is 5.36. The van der Waals surface area contributed by atoms with E-state index in [0.29, 0.717) is 0 Å². The van der Waals surface area contributed by atoms with Gasteiger partial charge in [0.1, 0.15) is 12.0 Å². The Labute approximate surface area is 319 Å². The molecule has 0 amide bonds. The minimum atomic E-state index is -0.220. The molecule has 1 atom stereocenters. The van der Waals surface area contributed by atoms with Gasteiger partial charge >= 0.3 is 0 Å². The first-order valence-electron chi connectivity index (χ1n) is 18.9. The van der Waals surface area contributed by atoms with Crippen molar-refractivity contribution in [1.29, 1.82) is 0 Å². The van der Waals surface area contributed by atoms with Crippen LogP contribution in [0.15, 0.2) is 205 Å². The van der Waals surface area contributed by atoms with Crippen LogP contribution in [-0.2, 0) is 0 Å². The molecule has 0 saturated carbocycles. The van der Waals surface area contributed by atoms with Crippen LogP contribution in [0, 0.1) is 0 Å². The van der Waals surface area contributed by atoms with Crippen LogP contribution in [0.5, 0.6) is 0 Å². The van der Waals surface area contributed by atoms with E-state index in [2.05, 4.69) is 210 Å². The van der Waals surface area contributed by atoms with Crippen LogP contribution in [0.2, 0.25) is 0 Å². The Morgan fingerprint density at radius 2 is 1.05 bits per heavy atom. The standard InChI is InChI=1S/C52H35N3/c1-3-13-35(14-4-1)47-33-50(54-52(53-47)36-15-5-2-6-16-36)55-48-21-10-9-19-46(48)51-45-28-26-40(32-42(45)27-29-49(51)55)37-22-23-39-31-41(25-24-38(39)30-37)44-20-11-17-34-12-7-8-18-43(34)44/h1-33,52-53H. The Morgan fingerprint density at radius 1 is 0.418 bits per heavy atom. The summed E-state index contributed by atoms with van der Waals surface area (Å²) in [7, 11) is 0. The van der Waals surface area contributed by atoms with Crippen LogP contribution in [-0.4, -0.2) is 10.4 Å². The number of nitrogens with one attached hydrogen (secondary N) is 1. The zero-order valence-corrected chi connectivity index (χ0v) is 30.0. The van der Waals surface area contributed by atoms with E-state index in [1.165, 1.54) is 65.3 Å². The highest BCUT2D eigenvalue weighted by Gasteiger charge is 2.23. The van der Waals surface area contributed by atoms with Crippen molar-refractivity contribution in [3.05, 3.63) is 211 Å². The van der Waals surface area contributed by atoms with Crippen LogP contribution in [0.3, 0.4) is 0 Å². The molecule has 3 nitrogen and oxygen atoms in total. The van der Waals surface area contributed by atoms with Crippen molar-refractivity contribution in [1.82, 2.24) is 9.88 Å². The van der Waals surface area contributed by atoms with Crippen molar-refractivity contribution in [3.8, 4) is 22.3 Å². The first kappa shape index (κ1) is 31.3. The van der Waals surface area contributed by atoms with Gasteiger partial charge in [-0.2, -0.15) is 0 Å². The normalized spacial score (nSPS) is 14.4. The van der Waals surface area contributed by atoms with Gasteiger partial charge in [-0.3, -0.25) is 4.57 Å². The fraction of sp³-hybridized carbons (Fsp3) is 0.0192. The average molecular weight is 702 g/mol. The van der Waals surface area contributed by atoms with Gasteiger partial charge in [0.05, 0.1) is 11.0 Å². The summed E-state index contributed by atoms with van der Waals surface area (Å²) in [5.41, 5.74) is 10.5. The SMILES string of the molecule is C1=C(c2ccccc2)NC(c2ccccc2)N=C1n1c2ccccc2c2c3ccc(-c4ccc5cc(-c6cccc7ccccc67)ccc5c4)cc3ccc21. The van der Waals surface area contributed by atoms with Gasteiger partial charge in [-0.15, -0.1) is 0 Å². The van der Waals surface area contributed by atoms with Crippen molar-refractivity contribution < 1.29 is 0 Å². The third-order valence-corrected chi connectivity index (χ3v) is 11.2. The number of hydrogen-bond acceptors (Lipinski definition) is 2. The third-order valence-electron chi connectivity index (χ3n) is 11.2. The van der Waals surface area contributed by atoms with Gasteiger partial charge in [-0.25, -0.2) is 4.99 Å². The number of allylic oxidation sites excluding steroid dienone is 1. The second kappa shape index (κ2) is 12.7. The number of para-hydroxylation sites is 1. The Morgan fingerprint density at radius 3 is 1.89 bits per heavy atom. The molecule has 0 radical (unpaired) electrons. The van der Waals surface area contributed by atoms with Crippen molar-refractivity contribution in [2.75, 3.05) is 0 Å². The molecular formula is C52H35N3. The number of hydrogen-bond donors (Lipinski definition) is 1. The molecule has 1 N–H and O–H groups in total. The second-order valence-corrected chi connectivity index (χ2v) is 14.4. The predicted octanol–water partition coefficient (Wildman–Crippen LogP) is 13.2. The van der Waals surface area contributed by atoms with E-state index in [1.54, 1.807) is 0 Å². The molecular weight excluding hydrogens is 667 g/mol. The topological polar surface area (TPSA) is 29.3 Å². The largest absolute Gasteiger partial charge is 0.359 e. The number of rotatable bonds is 4. The van der Waals surface area contributed by atoms with Gasteiger partial charge in [0, 0.05) is 22.5 Å². The summed E-state index contributed by atoms with van der Waals surface area (Å²) in [6.45, 7) is 0. The Kier molecular flexibility index (Phi) is 7.24. The molecule has 1 aliphatic heterocycles. The first-order chi connectivity index (χ1) is 27.2. The summed E-state index contributed by atoms with van der Waals surface area (Å²) in [4.78, 5) is 5.36. The molecule has 3 heteroatoms. The highest BCUT2D eigenvalue weighted by molar-refractivity contribution is 6.25. The molecule has 10 aromatic rings. The minimum Gasteiger partial charge on any atom is -0.359 e. The smallest absolute Gasteiger partial charge is 0.147 e. The van der Waals surface area contributed by atoms with E-state index < -0.39 is 0 Å². The molecule has 2 heterocycles. The Hall–Kier alpha value is -7.23. The van der Waals surface area contributed by atoms with Crippen LogP contribution in [0.25, 0.3) is 82.1 Å². The van der Waals surface area contributed by atoms with Crippen molar-refractivity contribution in [2.45, 2.75) is 6.17 Å². The van der Waals surface area contributed by atoms with E-state index >= 15 is 0 Å². The molecule has 1 aliphatic rings. The fourth-order valence-corrected chi connectivity index (χ4v) is 8.51. The minimum absolute atomic E-state index is 0.220. The van der Waals surface area contributed by atoms with E-state index in [-0.39, 0.29) is 6.17 Å². The van der Waals surface area contributed by atoms with Gasteiger partial charge in [0.2, 0.25) is 0 Å². The molecule has 258 valence electrons. The molecule has 0 fully saturated rings. The van der Waals surface area contributed by atoms with Gasteiger partial charge in [0.25, 0.3) is 0 Å². The van der Waals surface area contributed by atoms with Crippen molar-refractivity contribution in [2.24, 2.45) is 4.99 Å². The molecule has 0 saturated heterocycles. The predicted molar refractivity (Wildman–Crippen MR) is 232 cm³/mol. The van der Waals surface area contributed by atoms with Crippen molar-refractivity contribution >= 4 is 65.7 Å². The molecule has 1 aromatic heterocycles. The lowest BCUT2D eigenvalue weighted by atomic mass is 9.94. The molecule has 0 aliphatic carbocycles. The van der Waals surface area contributed by atoms with E-state index in [1.807, 2.05) is 0 Å². The summed E-state index contributed by atoms with van der Waals surface area (Å²) in [5, 5.41) is 13.6. The summed E-state index contributed by atoms with van der Waals surface area (Å²) in [6, 6.07) is 70.1. The van der Waals surface area contributed by atoms with Crippen LogP contribution in [0.1, 0.15) is 17.3 Å². The zero-order chi connectivity index (χ0) is 36.3. The summed E-state index contributed by atoms with van der Waals surface area (Å²) in [6.07, 6.45) is 1.97. The quantitative estimate of drug-likeness (QED) is 0.194. The fourth-order valence-electron chi connectivity index (χ4n) is 8.51. The maximum absolute atomic E-state index is 5.36. The molecule has 9 aromatic carbocycles. The molecule has 55 heavy (non-hydrogen) atoms. The zero-order valence-electron chi connectivity index (χ0n) is 30.0. The molecule has 0 spiro atoms. The van der Waals surface area contributed by atoms with E-state index in [0.717, 1.165) is 33.7 Å². The monoisotopic (exact) mass is 701 g/mol. The highest BCUT2D eigenvalue weighted by atomic mass is 15.2. The highest BCUT2D eigenvalue weighted by Crippen LogP contribution is 2.39. The molecule has 11 rings (SSSR count). The first-order valence-corrected chi connectivity index (χ1v) is 18.9. The van der Waals surface area contributed by atoms with Crippen LogP contribution >= 0.6 is 0 Å². The Bertz CT molecular complexity index is 3170. The van der Waals surface area contributed by atoms with Crippen LogP contribution in [0.4, 0.5) is 0 Å². The summed E-state index contributed by atoms with van der Waals surface area (Å²) >= 11 is 0. The number of benzene rings is 9. The second-order valence-electron chi connectivity index (χ2n) is 14.4. The lowest BCUT2D eigenvalue weighted by Gasteiger charge is -2.25. The lowest BCUT2D eigenvalue weighted by molar-refractivity contribution is 0.660. The Balaban J connectivity index is 1.02. The maximum Gasteiger partial charge on any atom is 0.147 e. The van der Waals surface area contributed by atoms with Crippen molar-refractivity contribution in [3.63, 3.8) is 0 Å². The number of aliphatic imine (C=N–C) groups is 1. The molecule has 0 bridgehead atoms. The van der Waals surface area contributed by atoms with Gasteiger partial charge in [0.15, 0.2) is 0 Å². The molecule has 1 unspecified atom stereocenters. The number of fused-ring (bicyclic) bond motifs is 7. The van der Waals surface area contributed by atoms with Gasteiger partial charge in [-0.1, -0.05) is 164 Å².